The highest BCUT2D eigenvalue weighted by Crippen LogP contribution is 2.35. The van der Waals surface area contributed by atoms with Crippen molar-refractivity contribution in [3.8, 4) is 0 Å². The number of amides is 1. The number of likely N-dealkylation sites (N-methyl/N-ethyl adjacent to an activating group) is 1. The molecule has 0 spiro atoms. The first-order chi connectivity index (χ1) is 15.4. The lowest BCUT2D eigenvalue weighted by Crippen LogP contribution is -2.36. The molecule has 1 amide bonds. The molecule has 32 heavy (non-hydrogen) atoms. The van der Waals surface area contributed by atoms with Crippen LogP contribution in [-0.4, -0.2) is 35.1 Å². The Morgan fingerprint density at radius 3 is 2.38 bits per heavy atom. The second-order valence-electron chi connectivity index (χ2n) is 8.89. The van der Waals surface area contributed by atoms with Crippen LogP contribution in [0.4, 0.5) is 0 Å². The molecule has 1 unspecified atom stereocenters. The van der Waals surface area contributed by atoms with E-state index in [0.717, 1.165) is 24.2 Å². The number of rotatable bonds is 6. The Bertz CT molecular complexity index is 1120. The van der Waals surface area contributed by atoms with Gasteiger partial charge in [-0.1, -0.05) is 83.9 Å². The highest BCUT2D eigenvalue weighted by Gasteiger charge is 2.34. The average molecular weight is 426 g/mol. The number of carbonyl (C=O) groups excluding carboxylic acids is 1. The summed E-state index contributed by atoms with van der Waals surface area (Å²) < 4.78 is 0. The minimum atomic E-state index is -0.0798. The monoisotopic (exact) mass is 425 g/mol. The molecule has 0 fully saturated rings. The first-order valence-electron chi connectivity index (χ1n) is 11.2. The third kappa shape index (κ3) is 4.97. The lowest BCUT2D eigenvalue weighted by molar-refractivity contribution is -0.134. The number of nitrogens with zero attached hydrogens (tertiary/aromatic N) is 3. The Labute approximate surface area is 191 Å². The van der Waals surface area contributed by atoms with Gasteiger partial charge in [0.2, 0.25) is 0 Å². The lowest BCUT2D eigenvalue weighted by atomic mass is 9.93. The SMILES string of the molecule is Cc1ccc(C2=NN(C(=O)CN(C)Cc3ccccc3)C(c3cc(C)ccc3C)C2)cc1. The van der Waals surface area contributed by atoms with E-state index in [9.17, 15) is 4.79 Å². The Balaban J connectivity index is 1.60. The van der Waals surface area contributed by atoms with E-state index in [-0.39, 0.29) is 11.9 Å². The second-order valence-corrected chi connectivity index (χ2v) is 8.89. The minimum absolute atomic E-state index is 0.0245. The lowest BCUT2D eigenvalue weighted by Gasteiger charge is -2.26. The van der Waals surface area contributed by atoms with Crippen molar-refractivity contribution in [3.05, 3.63) is 106 Å². The van der Waals surface area contributed by atoms with Crippen LogP contribution in [0.3, 0.4) is 0 Å². The molecule has 164 valence electrons. The Hall–Kier alpha value is -3.24. The topological polar surface area (TPSA) is 35.9 Å². The molecule has 4 heteroatoms. The first kappa shape index (κ1) is 22.0. The van der Waals surface area contributed by atoms with Crippen LogP contribution < -0.4 is 0 Å². The van der Waals surface area contributed by atoms with Crippen LogP contribution in [0.25, 0.3) is 0 Å². The second kappa shape index (κ2) is 9.49. The Morgan fingerprint density at radius 1 is 0.969 bits per heavy atom. The van der Waals surface area contributed by atoms with Crippen molar-refractivity contribution in [2.75, 3.05) is 13.6 Å². The van der Waals surface area contributed by atoms with E-state index < -0.39 is 0 Å². The van der Waals surface area contributed by atoms with E-state index in [1.54, 1.807) is 5.01 Å². The normalized spacial score (nSPS) is 15.8. The van der Waals surface area contributed by atoms with Gasteiger partial charge in [0, 0.05) is 13.0 Å². The Morgan fingerprint density at radius 2 is 1.66 bits per heavy atom. The van der Waals surface area contributed by atoms with Gasteiger partial charge in [0.1, 0.15) is 0 Å². The molecule has 3 aromatic rings. The molecule has 4 nitrogen and oxygen atoms in total. The summed E-state index contributed by atoms with van der Waals surface area (Å²) in [6.45, 7) is 7.34. The van der Waals surface area contributed by atoms with E-state index in [0.29, 0.717) is 6.54 Å². The van der Waals surface area contributed by atoms with Crippen molar-refractivity contribution in [3.63, 3.8) is 0 Å². The van der Waals surface area contributed by atoms with Crippen molar-refractivity contribution in [2.24, 2.45) is 5.10 Å². The zero-order chi connectivity index (χ0) is 22.7. The number of hydrazone groups is 1. The smallest absolute Gasteiger partial charge is 0.257 e. The van der Waals surface area contributed by atoms with Gasteiger partial charge in [0.25, 0.3) is 5.91 Å². The summed E-state index contributed by atoms with van der Waals surface area (Å²) >= 11 is 0. The van der Waals surface area contributed by atoms with Gasteiger partial charge in [-0.25, -0.2) is 5.01 Å². The van der Waals surface area contributed by atoms with Crippen LogP contribution >= 0.6 is 0 Å². The quantitative estimate of drug-likeness (QED) is 0.529. The summed E-state index contributed by atoms with van der Waals surface area (Å²) in [5, 5.41) is 6.57. The summed E-state index contributed by atoms with van der Waals surface area (Å²) in [4.78, 5) is 15.5. The molecule has 0 aliphatic carbocycles. The number of aryl methyl sites for hydroxylation is 3. The van der Waals surface area contributed by atoms with Crippen molar-refractivity contribution >= 4 is 11.6 Å². The maximum Gasteiger partial charge on any atom is 0.257 e. The summed E-state index contributed by atoms with van der Waals surface area (Å²) in [7, 11) is 1.98. The van der Waals surface area contributed by atoms with Crippen LogP contribution in [0, 0.1) is 20.8 Å². The molecule has 0 N–H and O–H groups in total. The molecule has 1 heterocycles. The van der Waals surface area contributed by atoms with Gasteiger partial charge in [0.05, 0.1) is 18.3 Å². The molecule has 3 aromatic carbocycles. The van der Waals surface area contributed by atoms with Gasteiger partial charge >= 0.3 is 0 Å². The van der Waals surface area contributed by atoms with Crippen molar-refractivity contribution in [2.45, 2.75) is 39.8 Å². The highest BCUT2D eigenvalue weighted by atomic mass is 16.2. The van der Waals surface area contributed by atoms with Gasteiger partial charge < -0.3 is 0 Å². The van der Waals surface area contributed by atoms with E-state index in [1.807, 2.05) is 25.2 Å². The van der Waals surface area contributed by atoms with E-state index in [2.05, 4.69) is 80.3 Å². The van der Waals surface area contributed by atoms with Gasteiger partial charge in [-0.05, 0) is 50.1 Å². The van der Waals surface area contributed by atoms with E-state index in [4.69, 9.17) is 5.10 Å². The van der Waals surface area contributed by atoms with E-state index in [1.165, 1.54) is 27.8 Å². The van der Waals surface area contributed by atoms with Crippen molar-refractivity contribution in [1.82, 2.24) is 9.91 Å². The molecule has 1 atom stereocenters. The zero-order valence-corrected chi connectivity index (χ0v) is 19.4. The average Bonchev–Trinajstić information content (AvgIpc) is 3.22. The minimum Gasteiger partial charge on any atom is -0.293 e. The molecule has 1 aliphatic rings. The molecule has 0 bridgehead atoms. The fourth-order valence-corrected chi connectivity index (χ4v) is 4.28. The number of carbonyl (C=O) groups is 1. The van der Waals surface area contributed by atoms with Gasteiger partial charge in [-0.2, -0.15) is 5.10 Å². The maximum absolute atomic E-state index is 13.4. The summed E-state index contributed by atoms with van der Waals surface area (Å²) in [5.74, 6) is 0.0245. The number of hydrogen-bond acceptors (Lipinski definition) is 3. The van der Waals surface area contributed by atoms with Crippen molar-refractivity contribution in [1.29, 1.82) is 0 Å². The fraction of sp³-hybridized carbons (Fsp3) is 0.286. The maximum atomic E-state index is 13.4. The van der Waals surface area contributed by atoms with Crippen molar-refractivity contribution < 1.29 is 4.79 Å². The molecular formula is C28H31N3O. The third-order valence-electron chi connectivity index (χ3n) is 6.04. The molecule has 0 saturated carbocycles. The Kier molecular flexibility index (Phi) is 6.52. The van der Waals surface area contributed by atoms with Crippen LogP contribution in [0.2, 0.25) is 0 Å². The fourth-order valence-electron chi connectivity index (χ4n) is 4.28. The van der Waals surface area contributed by atoms with Gasteiger partial charge in [0.15, 0.2) is 0 Å². The number of benzene rings is 3. The zero-order valence-electron chi connectivity index (χ0n) is 19.4. The third-order valence-corrected chi connectivity index (χ3v) is 6.04. The van der Waals surface area contributed by atoms with Crippen LogP contribution in [0.1, 0.15) is 45.8 Å². The van der Waals surface area contributed by atoms with Crippen LogP contribution in [0.5, 0.6) is 0 Å². The number of hydrogen-bond donors (Lipinski definition) is 0. The molecular weight excluding hydrogens is 394 g/mol. The van der Waals surface area contributed by atoms with E-state index >= 15 is 0 Å². The van der Waals surface area contributed by atoms with Gasteiger partial charge in [-0.3, -0.25) is 9.69 Å². The largest absolute Gasteiger partial charge is 0.293 e. The van der Waals surface area contributed by atoms with Gasteiger partial charge in [-0.15, -0.1) is 0 Å². The summed E-state index contributed by atoms with van der Waals surface area (Å²) in [6.07, 6.45) is 0.724. The van der Waals surface area contributed by atoms with Crippen LogP contribution in [0.15, 0.2) is 77.9 Å². The summed E-state index contributed by atoms with van der Waals surface area (Å²) in [5.41, 5.74) is 8.02. The predicted octanol–water partition coefficient (Wildman–Crippen LogP) is 5.42. The predicted molar refractivity (Wildman–Crippen MR) is 131 cm³/mol. The van der Waals surface area contributed by atoms with Crippen LogP contribution in [-0.2, 0) is 11.3 Å². The summed E-state index contributed by atoms with van der Waals surface area (Å²) in [6, 6.07) is 25.0. The highest BCUT2D eigenvalue weighted by molar-refractivity contribution is 6.03. The molecule has 0 saturated heterocycles. The first-order valence-corrected chi connectivity index (χ1v) is 11.2. The standard InChI is InChI=1S/C28H31N3O/c1-20-11-14-24(15-12-20)26-17-27(25-16-21(2)10-13-22(25)3)31(29-26)28(32)19-30(4)18-23-8-6-5-7-9-23/h5-16,27H,17-19H2,1-4H3. The molecule has 0 aromatic heterocycles. The molecule has 4 rings (SSSR count). The molecule has 1 aliphatic heterocycles. The molecule has 0 radical (unpaired) electrons.